The van der Waals surface area contributed by atoms with Crippen molar-refractivity contribution in [1.29, 1.82) is 0 Å². The molecule has 5 nitrogen and oxygen atoms in total. The highest BCUT2D eigenvalue weighted by Gasteiger charge is 2.07. The predicted molar refractivity (Wildman–Crippen MR) is 93.3 cm³/mol. The maximum absolute atomic E-state index is 12.0. The summed E-state index contributed by atoms with van der Waals surface area (Å²) in [6.07, 6.45) is 0.305. The molecule has 0 radical (unpaired) electrons. The Morgan fingerprint density at radius 1 is 1.00 bits per heavy atom. The summed E-state index contributed by atoms with van der Waals surface area (Å²) < 4.78 is 0. The van der Waals surface area contributed by atoms with E-state index in [9.17, 15) is 9.59 Å². The molecule has 0 aromatic heterocycles. The molecular weight excluding hydrogens is 310 g/mol. The molecule has 2 aromatic rings. The van der Waals surface area contributed by atoms with Gasteiger partial charge in [0.1, 0.15) is 0 Å². The minimum absolute atomic E-state index is 0.267. The van der Waals surface area contributed by atoms with Crippen LogP contribution < -0.4 is 16.4 Å². The number of hydrogen-bond donors (Lipinski definition) is 3. The number of carbonyl (C=O) groups excluding carboxylic acids is 2. The first kappa shape index (κ1) is 16.9. The smallest absolute Gasteiger partial charge is 0.319 e. The van der Waals surface area contributed by atoms with Crippen LogP contribution in [0.15, 0.2) is 59.5 Å². The van der Waals surface area contributed by atoms with Crippen LogP contribution in [-0.2, 0) is 11.3 Å². The number of amides is 3. The Morgan fingerprint density at radius 3 is 2.43 bits per heavy atom. The van der Waals surface area contributed by atoms with Crippen LogP contribution in [0.2, 0.25) is 0 Å². The summed E-state index contributed by atoms with van der Waals surface area (Å²) in [6.45, 7) is 0.462. The van der Waals surface area contributed by atoms with E-state index in [1.807, 2.05) is 54.6 Å². The normalized spacial score (nSPS) is 10.1. The summed E-state index contributed by atoms with van der Waals surface area (Å²) >= 11 is 1.49. The van der Waals surface area contributed by atoms with E-state index >= 15 is 0 Å². The number of thioether (sulfide) groups is 1. The average molecular weight is 329 g/mol. The van der Waals surface area contributed by atoms with Crippen LogP contribution in [0.4, 0.5) is 10.5 Å². The highest BCUT2D eigenvalue weighted by atomic mass is 32.2. The minimum Gasteiger partial charge on any atom is -0.370 e. The molecule has 0 aliphatic rings. The molecule has 0 unspecified atom stereocenters. The zero-order chi connectivity index (χ0) is 16.5. The number of anilines is 1. The molecule has 0 aliphatic heterocycles. The molecular formula is C17H19N3O2S. The summed E-state index contributed by atoms with van der Waals surface area (Å²) in [4.78, 5) is 23.7. The Balaban J connectivity index is 1.88. The molecule has 0 aliphatic carbocycles. The summed E-state index contributed by atoms with van der Waals surface area (Å²) in [5.74, 6) is 0.253. The fourth-order valence-electron chi connectivity index (χ4n) is 1.90. The fourth-order valence-corrected chi connectivity index (χ4v) is 2.87. The largest absolute Gasteiger partial charge is 0.370 e. The van der Waals surface area contributed by atoms with Gasteiger partial charge in [0.15, 0.2) is 0 Å². The molecule has 0 bridgehead atoms. The van der Waals surface area contributed by atoms with Gasteiger partial charge in [-0.3, -0.25) is 4.79 Å². The van der Waals surface area contributed by atoms with Gasteiger partial charge in [-0.05, 0) is 17.7 Å². The second-order valence-corrected chi connectivity index (χ2v) is 5.99. The van der Waals surface area contributed by atoms with E-state index in [0.29, 0.717) is 24.4 Å². The molecule has 0 fully saturated rings. The standard InChI is InChI=1S/C17H19N3O2S/c18-16(21)10-11-23-15-9-5-4-8-14(15)20-17(22)19-12-13-6-2-1-3-7-13/h1-9H,10-12H2,(H2,18,21)(H2,19,20,22). The van der Waals surface area contributed by atoms with E-state index in [1.165, 1.54) is 11.8 Å². The van der Waals surface area contributed by atoms with Gasteiger partial charge >= 0.3 is 6.03 Å². The Bertz CT molecular complexity index is 662. The van der Waals surface area contributed by atoms with E-state index < -0.39 is 0 Å². The van der Waals surface area contributed by atoms with Gasteiger partial charge in [0.2, 0.25) is 5.91 Å². The maximum Gasteiger partial charge on any atom is 0.319 e. The summed E-state index contributed by atoms with van der Waals surface area (Å²) in [5.41, 5.74) is 6.89. The predicted octanol–water partition coefficient (Wildman–Crippen LogP) is 2.98. The third kappa shape index (κ3) is 6.04. The molecule has 0 atom stereocenters. The van der Waals surface area contributed by atoms with Gasteiger partial charge in [-0.1, -0.05) is 42.5 Å². The average Bonchev–Trinajstić information content (AvgIpc) is 2.55. The highest BCUT2D eigenvalue weighted by molar-refractivity contribution is 7.99. The number of nitrogens with two attached hydrogens (primary N) is 1. The van der Waals surface area contributed by atoms with Crippen molar-refractivity contribution in [3.8, 4) is 0 Å². The van der Waals surface area contributed by atoms with Crippen molar-refractivity contribution in [2.75, 3.05) is 11.1 Å². The number of nitrogens with one attached hydrogen (secondary N) is 2. The quantitative estimate of drug-likeness (QED) is 0.683. The van der Waals surface area contributed by atoms with E-state index in [-0.39, 0.29) is 11.9 Å². The van der Waals surface area contributed by atoms with Crippen LogP contribution in [0.25, 0.3) is 0 Å². The van der Waals surface area contributed by atoms with Crippen LogP contribution >= 0.6 is 11.8 Å². The van der Waals surface area contributed by atoms with E-state index in [2.05, 4.69) is 10.6 Å². The highest BCUT2D eigenvalue weighted by Crippen LogP contribution is 2.27. The summed E-state index contributed by atoms with van der Waals surface area (Å²) in [6, 6.07) is 16.9. The number of primary amides is 1. The monoisotopic (exact) mass is 329 g/mol. The van der Waals surface area contributed by atoms with E-state index in [1.54, 1.807) is 0 Å². The Labute approximate surface area is 139 Å². The zero-order valence-electron chi connectivity index (χ0n) is 12.6. The maximum atomic E-state index is 12.0. The van der Waals surface area contributed by atoms with Crippen LogP contribution in [0, 0.1) is 0 Å². The van der Waals surface area contributed by atoms with Gasteiger partial charge in [0.05, 0.1) is 5.69 Å². The van der Waals surface area contributed by atoms with Gasteiger partial charge < -0.3 is 16.4 Å². The van der Waals surface area contributed by atoms with Crippen molar-refractivity contribution in [3.63, 3.8) is 0 Å². The third-order valence-corrected chi connectivity index (χ3v) is 4.11. The molecule has 0 saturated heterocycles. The molecule has 4 N–H and O–H groups in total. The number of para-hydroxylation sites is 1. The van der Waals surface area contributed by atoms with Crippen molar-refractivity contribution in [3.05, 3.63) is 60.2 Å². The van der Waals surface area contributed by atoms with Crippen molar-refractivity contribution < 1.29 is 9.59 Å². The van der Waals surface area contributed by atoms with Crippen molar-refractivity contribution in [2.24, 2.45) is 5.73 Å². The fraction of sp³-hybridized carbons (Fsp3) is 0.176. The van der Waals surface area contributed by atoms with Crippen molar-refractivity contribution >= 4 is 29.4 Å². The van der Waals surface area contributed by atoms with Crippen molar-refractivity contribution in [2.45, 2.75) is 17.9 Å². The first-order chi connectivity index (χ1) is 11.1. The second-order valence-electron chi connectivity index (χ2n) is 4.85. The van der Waals surface area contributed by atoms with Crippen molar-refractivity contribution in [1.82, 2.24) is 5.32 Å². The minimum atomic E-state index is -0.330. The van der Waals surface area contributed by atoms with E-state index in [4.69, 9.17) is 5.73 Å². The number of benzene rings is 2. The molecule has 0 heterocycles. The van der Waals surface area contributed by atoms with E-state index in [0.717, 1.165) is 10.5 Å². The molecule has 23 heavy (non-hydrogen) atoms. The molecule has 120 valence electrons. The lowest BCUT2D eigenvalue weighted by Gasteiger charge is -2.11. The van der Waals surface area contributed by atoms with Crippen LogP contribution in [-0.4, -0.2) is 17.7 Å². The molecule has 3 amide bonds. The SMILES string of the molecule is NC(=O)CCSc1ccccc1NC(=O)NCc1ccccc1. The lowest BCUT2D eigenvalue weighted by Crippen LogP contribution is -2.28. The summed E-state index contributed by atoms with van der Waals surface area (Å²) in [7, 11) is 0. The van der Waals surface area contributed by atoms with Gasteiger partial charge in [0, 0.05) is 23.6 Å². The molecule has 0 spiro atoms. The summed E-state index contributed by atoms with van der Waals surface area (Å²) in [5, 5.41) is 5.65. The van der Waals surface area contributed by atoms with Crippen LogP contribution in [0.5, 0.6) is 0 Å². The number of carbonyl (C=O) groups is 2. The topological polar surface area (TPSA) is 84.2 Å². The molecule has 6 heteroatoms. The Hall–Kier alpha value is -2.47. The molecule has 2 aromatic carbocycles. The Kier molecular flexibility index (Phi) is 6.50. The van der Waals surface area contributed by atoms with Crippen LogP contribution in [0.1, 0.15) is 12.0 Å². The van der Waals surface area contributed by atoms with Gasteiger partial charge in [0.25, 0.3) is 0 Å². The molecule has 2 rings (SSSR count). The second kappa shape index (κ2) is 8.85. The first-order valence-corrected chi connectivity index (χ1v) is 8.22. The van der Waals surface area contributed by atoms with Crippen LogP contribution in [0.3, 0.4) is 0 Å². The zero-order valence-corrected chi connectivity index (χ0v) is 13.4. The van der Waals surface area contributed by atoms with Gasteiger partial charge in [-0.25, -0.2) is 4.79 Å². The third-order valence-electron chi connectivity index (χ3n) is 3.04. The number of rotatable bonds is 7. The Morgan fingerprint density at radius 2 is 1.70 bits per heavy atom. The number of hydrogen-bond acceptors (Lipinski definition) is 3. The lowest BCUT2D eigenvalue weighted by molar-refractivity contribution is -0.117. The first-order valence-electron chi connectivity index (χ1n) is 7.24. The van der Waals surface area contributed by atoms with Gasteiger partial charge in [-0.2, -0.15) is 0 Å². The lowest BCUT2D eigenvalue weighted by atomic mass is 10.2. The molecule has 0 saturated carbocycles. The number of urea groups is 1. The van der Waals surface area contributed by atoms with Gasteiger partial charge in [-0.15, -0.1) is 11.8 Å².